The molecule has 22 heteroatoms. The quantitative estimate of drug-likeness (QED) is 0.0302. The first-order chi connectivity index (χ1) is 32.3. The van der Waals surface area contributed by atoms with Crippen molar-refractivity contribution in [3.8, 4) is 22.3 Å². The van der Waals surface area contributed by atoms with Gasteiger partial charge in [-0.2, -0.15) is 0 Å². The minimum Gasteiger partial charge on any atom is -0.456 e. The van der Waals surface area contributed by atoms with E-state index in [0.717, 1.165) is 36.9 Å². The summed E-state index contributed by atoms with van der Waals surface area (Å²) in [4.78, 5) is 53.0. The standard InChI is InChI=1S/C24H26Cl2N4O4.C18H22Cl2N2O2.C5H4ClN3O2/c1-24(2,3)34-23(31)19-14-29(13-18(19)17-9-7-15(25)12-20(17)26)11-5-4-6-16-8-10-21(30(32)33)22(27)28-16;1-18(2,3)24-17(23)15-11-22(8-4-7-21)10-14(15)13-6-5-12(19)9-16(13)20;6-4-2-1-3(9(10)11)5(7)8-4/h7-10,12-14H,4-6,11H2,1-3H3,(H2,27,28);5-6,9-11H,4,7-8,21H2,1-3H3;1-2H,(H2,7,8). The Hall–Kier alpha value is -5.95. The van der Waals surface area contributed by atoms with E-state index in [2.05, 4.69) is 9.97 Å². The zero-order valence-electron chi connectivity index (χ0n) is 38.6. The third-order valence-electron chi connectivity index (χ3n) is 9.38. The highest BCUT2D eigenvalue weighted by molar-refractivity contribution is 6.37. The molecule has 0 aliphatic heterocycles. The van der Waals surface area contributed by atoms with Gasteiger partial charge in [0.1, 0.15) is 16.4 Å². The molecule has 0 unspecified atom stereocenters. The third kappa shape index (κ3) is 16.9. The molecule has 0 amide bonds. The zero-order valence-corrected chi connectivity index (χ0v) is 42.4. The smallest absolute Gasteiger partial charge is 0.340 e. The first kappa shape index (κ1) is 55.6. The molecule has 0 radical (unpaired) electrons. The number of aryl methyl sites for hydroxylation is 3. The summed E-state index contributed by atoms with van der Waals surface area (Å²) in [6.45, 7) is 12.9. The lowest BCUT2D eigenvalue weighted by Crippen LogP contribution is -2.24. The fourth-order valence-electron chi connectivity index (χ4n) is 6.39. The van der Waals surface area contributed by atoms with Crippen molar-refractivity contribution in [1.82, 2.24) is 19.1 Å². The molecule has 4 heterocycles. The molecule has 17 nitrogen and oxygen atoms in total. The lowest BCUT2D eigenvalue weighted by molar-refractivity contribution is -0.384. The van der Waals surface area contributed by atoms with Crippen LogP contribution in [0.4, 0.5) is 23.0 Å². The number of unbranched alkanes of at least 4 members (excludes halogenated alkanes) is 1. The number of aromatic nitrogens is 4. The van der Waals surface area contributed by atoms with Crippen LogP contribution in [0.25, 0.3) is 22.3 Å². The van der Waals surface area contributed by atoms with E-state index in [0.29, 0.717) is 67.5 Å². The molecule has 368 valence electrons. The van der Waals surface area contributed by atoms with Gasteiger partial charge in [0.25, 0.3) is 0 Å². The lowest BCUT2D eigenvalue weighted by atomic mass is 10.0. The molecular formula is C47H52Cl5N9O8. The van der Waals surface area contributed by atoms with Crippen LogP contribution in [0.1, 0.15) is 87.2 Å². The molecule has 0 saturated carbocycles. The summed E-state index contributed by atoms with van der Waals surface area (Å²) in [5.41, 5.74) is 19.2. The van der Waals surface area contributed by atoms with Gasteiger partial charge in [-0.25, -0.2) is 19.6 Å². The van der Waals surface area contributed by atoms with E-state index in [9.17, 15) is 29.8 Å². The molecule has 0 fully saturated rings. The topological polar surface area (TPSA) is 253 Å². The van der Waals surface area contributed by atoms with E-state index >= 15 is 0 Å². The fourth-order valence-corrected chi connectivity index (χ4v) is 7.56. The van der Waals surface area contributed by atoms with Gasteiger partial charge in [-0.15, -0.1) is 0 Å². The Morgan fingerprint density at radius 1 is 0.609 bits per heavy atom. The molecule has 0 spiro atoms. The molecular weight excluding hydrogens is 996 g/mol. The number of nitro groups is 2. The molecule has 0 aliphatic carbocycles. The number of carbonyl (C=O) groups excluding carboxylic acids is 2. The Labute approximate surface area is 424 Å². The van der Waals surface area contributed by atoms with Crippen molar-refractivity contribution in [1.29, 1.82) is 0 Å². The number of carbonyl (C=O) groups is 2. The molecule has 6 aromatic rings. The normalized spacial score (nSPS) is 11.2. The van der Waals surface area contributed by atoms with Gasteiger partial charge >= 0.3 is 23.3 Å². The van der Waals surface area contributed by atoms with E-state index in [4.69, 9.17) is 84.7 Å². The summed E-state index contributed by atoms with van der Waals surface area (Å²) < 4.78 is 15.0. The predicted octanol–water partition coefficient (Wildman–Crippen LogP) is 12.3. The van der Waals surface area contributed by atoms with Crippen LogP contribution in [0.2, 0.25) is 25.2 Å². The number of hydrogen-bond acceptors (Lipinski definition) is 13. The monoisotopic (exact) mass is 1050 g/mol. The largest absolute Gasteiger partial charge is 0.456 e. The van der Waals surface area contributed by atoms with Crippen molar-refractivity contribution in [3.05, 3.63) is 148 Å². The average molecular weight is 1050 g/mol. The van der Waals surface area contributed by atoms with Crippen molar-refractivity contribution in [2.75, 3.05) is 18.0 Å². The SMILES string of the molecule is CC(C)(C)OC(=O)c1cn(CCCCc2ccc([N+](=O)[O-])c(N)n2)cc1-c1ccc(Cl)cc1Cl.CC(C)(C)OC(=O)c1cn(CCCN)cc1-c1ccc(Cl)cc1Cl.Nc1nc(Cl)ccc1[N+](=O)[O-]. The first-order valence-electron chi connectivity index (χ1n) is 21.2. The summed E-state index contributed by atoms with van der Waals surface area (Å²) >= 11 is 30.2. The van der Waals surface area contributed by atoms with E-state index < -0.39 is 27.0 Å². The summed E-state index contributed by atoms with van der Waals surface area (Å²) in [5, 5.41) is 23.2. The Morgan fingerprint density at radius 3 is 1.43 bits per heavy atom. The van der Waals surface area contributed by atoms with Gasteiger partial charge in [-0.05, 0) is 110 Å². The van der Waals surface area contributed by atoms with Gasteiger partial charge in [0.15, 0.2) is 0 Å². The maximum atomic E-state index is 12.9. The van der Waals surface area contributed by atoms with Gasteiger partial charge in [0.2, 0.25) is 11.6 Å². The van der Waals surface area contributed by atoms with Crippen LogP contribution in [0.3, 0.4) is 0 Å². The molecule has 0 atom stereocenters. The molecule has 6 N–H and O–H groups in total. The maximum Gasteiger partial charge on any atom is 0.340 e. The number of pyridine rings is 2. The van der Waals surface area contributed by atoms with Crippen molar-refractivity contribution < 1.29 is 28.9 Å². The van der Waals surface area contributed by atoms with Gasteiger partial charge in [-0.1, -0.05) is 70.1 Å². The minimum absolute atomic E-state index is 0.0839. The Kier molecular flexibility index (Phi) is 19.8. The van der Waals surface area contributed by atoms with Gasteiger partial charge in [0.05, 0.1) is 21.0 Å². The molecule has 0 aliphatic rings. The second-order valence-electron chi connectivity index (χ2n) is 17.3. The second-order valence-corrected chi connectivity index (χ2v) is 19.3. The molecule has 0 bridgehead atoms. The van der Waals surface area contributed by atoms with Crippen molar-refractivity contribution in [2.24, 2.45) is 5.73 Å². The Morgan fingerprint density at radius 2 is 1.04 bits per heavy atom. The van der Waals surface area contributed by atoms with Gasteiger partial charge < -0.3 is 35.8 Å². The number of benzene rings is 2. The van der Waals surface area contributed by atoms with Crippen LogP contribution < -0.4 is 17.2 Å². The van der Waals surface area contributed by atoms with Crippen LogP contribution in [0, 0.1) is 20.2 Å². The number of nitrogens with two attached hydrogens (primary N) is 3. The average Bonchev–Trinajstić information content (AvgIpc) is 3.86. The second kappa shape index (κ2) is 24.6. The molecule has 69 heavy (non-hydrogen) atoms. The van der Waals surface area contributed by atoms with Crippen molar-refractivity contribution in [3.63, 3.8) is 0 Å². The van der Waals surface area contributed by atoms with Crippen LogP contribution >= 0.6 is 58.0 Å². The Balaban J connectivity index is 0.000000255. The predicted molar refractivity (Wildman–Crippen MR) is 272 cm³/mol. The van der Waals surface area contributed by atoms with E-state index in [1.807, 2.05) is 63.1 Å². The van der Waals surface area contributed by atoms with Gasteiger partial charge in [-0.3, -0.25) is 20.2 Å². The van der Waals surface area contributed by atoms with E-state index in [1.54, 1.807) is 54.9 Å². The fraction of sp³-hybridized carbons (Fsp3) is 0.319. The summed E-state index contributed by atoms with van der Waals surface area (Å²) in [7, 11) is 0. The number of halogens is 5. The third-order valence-corrected chi connectivity index (χ3v) is 10.7. The Bertz CT molecular complexity index is 2800. The number of esters is 2. The highest BCUT2D eigenvalue weighted by Gasteiger charge is 2.26. The van der Waals surface area contributed by atoms with Crippen molar-refractivity contribution >= 4 is 93.0 Å². The number of anilines is 2. The summed E-state index contributed by atoms with van der Waals surface area (Å²) in [6, 6.07) is 15.9. The van der Waals surface area contributed by atoms with Crippen LogP contribution in [0.5, 0.6) is 0 Å². The van der Waals surface area contributed by atoms with Crippen LogP contribution in [0.15, 0.2) is 85.5 Å². The minimum atomic E-state index is -0.639. The first-order valence-corrected chi connectivity index (χ1v) is 23.1. The van der Waals surface area contributed by atoms with Crippen molar-refractivity contribution in [2.45, 2.75) is 91.5 Å². The number of nitrogen functional groups attached to an aromatic ring is 2. The lowest BCUT2D eigenvalue weighted by Gasteiger charge is -2.19. The summed E-state index contributed by atoms with van der Waals surface area (Å²) in [6.07, 6.45) is 10.3. The zero-order chi connectivity index (χ0) is 51.4. The highest BCUT2D eigenvalue weighted by Crippen LogP contribution is 2.36. The summed E-state index contributed by atoms with van der Waals surface area (Å²) in [5.74, 6) is -1.06. The van der Waals surface area contributed by atoms with Crippen LogP contribution in [-0.2, 0) is 29.0 Å². The number of nitrogens with zero attached hydrogens (tertiary/aromatic N) is 6. The molecule has 4 aromatic heterocycles. The number of ether oxygens (including phenoxy) is 2. The van der Waals surface area contributed by atoms with E-state index in [1.165, 1.54) is 18.2 Å². The number of hydrogen-bond donors (Lipinski definition) is 3. The maximum absolute atomic E-state index is 12.9. The molecule has 6 rings (SSSR count). The number of rotatable bonds is 14. The molecule has 2 aromatic carbocycles. The van der Waals surface area contributed by atoms with E-state index in [-0.39, 0.29) is 34.1 Å². The highest BCUT2D eigenvalue weighted by atomic mass is 35.5. The molecule has 0 saturated heterocycles. The van der Waals surface area contributed by atoms with Gasteiger partial charge in [0, 0.05) is 98.0 Å². The van der Waals surface area contributed by atoms with Crippen LogP contribution in [-0.4, -0.2) is 58.6 Å².